The van der Waals surface area contributed by atoms with Crippen LogP contribution in [0, 0.1) is 0 Å². The topological polar surface area (TPSA) is 9.23 Å². The molecule has 1 fully saturated rings. The fourth-order valence-electron chi connectivity index (χ4n) is 1.47. The van der Waals surface area contributed by atoms with Crippen LogP contribution < -0.4 is 24.0 Å². The lowest BCUT2D eigenvalue weighted by atomic mass is 10.2. The second-order valence-electron chi connectivity index (χ2n) is 4.07. The summed E-state index contributed by atoms with van der Waals surface area (Å²) in [6.45, 7) is 5.58. The molecule has 0 aromatic carbocycles. The molecule has 0 bridgehead atoms. The highest BCUT2D eigenvalue weighted by atomic mass is 127. The summed E-state index contributed by atoms with van der Waals surface area (Å²) in [7, 11) is 4.53. The van der Waals surface area contributed by atoms with Gasteiger partial charge in [0, 0.05) is 6.61 Å². The predicted molar refractivity (Wildman–Crippen MR) is 46.5 cm³/mol. The molecule has 0 spiro atoms. The number of ether oxygens (including phenoxy) is 1. The molecule has 0 aromatic heterocycles. The maximum atomic E-state index is 5.58. The minimum absolute atomic E-state index is 0. The summed E-state index contributed by atoms with van der Waals surface area (Å²) in [6, 6.07) is 0. The van der Waals surface area contributed by atoms with Gasteiger partial charge in [0.05, 0.1) is 20.6 Å². The van der Waals surface area contributed by atoms with E-state index in [0.29, 0.717) is 6.10 Å². The van der Waals surface area contributed by atoms with E-state index in [2.05, 4.69) is 21.0 Å². The number of hydrogen-bond donors (Lipinski definition) is 0. The van der Waals surface area contributed by atoms with Crippen molar-refractivity contribution in [3.05, 3.63) is 0 Å². The van der Waals surface area contributed by atoms with Gasteiger partial charge in [-0.25, -0.2) is 0 Å². The Morgan fingerprint density at radius 3 is 2.50 bits per heavy atom. The largest absolute Gasteiger partial charge is 1.00 e. The van der Waals surface area contributed by atoms with Crippen molar-refractivity contribution in [1.82, 2.24) is 0 Å². The van der Waals surface area contributed by atoms with E-state index in [1.54, 1.807) is 0 Å². The lowest BCUT2D eigenvalue weighted by molar-refractivity contribution is -0.891. The standard InChI is InChI=1S/C9H20NO.HI/c1-4-10(2,3)8-9-6-5-7-11-9;/h9H,4-8H2,1-3H3;1H/q+1;/p-1. The molecular weight excluding hydrogens is 265 g/mol. The Kier molecular flexibility index (Phi) is 5.69. The Bertz CT molecular complexity index is 122. The molecular formula is C9H20INO. The van der Waals surface area contributed by atoms with Crippen LogP contribution in [0.3, 0.4) is 0 Å². The second-order valence-corrected chi connectivity index (χ2v) is 4.07. The molecule has 1 aliphatic rings. The molecule has 0 saturated carbocycles. The average Bonchev–Trinajstić information content (AvgIpc) is 2.39. The minimum Gasteiger partial charge on any atom is -1.00 e. The van der Waals surface area contributed by atoms with Crippen molar-refractivity contribution < 1.29 is 33.2 Å². The number of quaternary nitrogens is 1. The van der Waals surface area contributed by atoms with Gasteiger partial charge in [0.2, 0.25) is 0 Å². The molecule has 0 aliphatic carbocycles. The Morgan fingerprint density at radius 2 is 2.08 bits per heavy atom. The molecule has 3 heteroatoms. The van der Waals surface area contributed by atoms with Gasteiger partial charge in [-0.05, 0) is 19.8 Å². The molecule has 2 nitrogen and oxygen atoms in total. The Labute approximate surface area is 92.9 Å². The Hall–Kier alpha value is 0.650. The van der Waals surface area contributed by atoms with E-state index in [1.165, 1.54) is 25.9 Å². The van der Waals surface area contributed by atoms with Crippen LogP contribution in [-0.2, 0) is 4.74 Å². The van der Waals surface area contributed by atoms with E-state index in [-0.39, 0.29) is 24.0 Å². The minimum atomic E-state index is 0. The van der Waals surface area contributed by atoms with Crippen LogP contribution in [0.15, 0.2) is 0 Å². The summed E-state index contributed by atoms with van der Waals surface area (Å²) in [5.74, 6) is 0. The molecule has 1 rings (SSSR count). The third-order valence-corrected chi connectivity index (χ3v) is 2.58. The summed E-state index contributed by atoms with van der Waals surface area (Å²) in [4.78, 5) is 0. The number of rotatable bonds is 3. The fraction of sp³-hybridized carbons (Fsp3) is 1.00. The first-order valence-electron chi connectivity index (χ1n) is 4.57. The van der Waals surface area contributed by atoms with Crippen LogP contribution in [-0.4, -0.2) is 44.4 Å². The summed E-state index contributed by atoms with van der Waals surface area (Å²) < 4.78 is 6.66. The van der Waals surface area contributed by atoms with Gasteiger partial charge >= 0.3 is 0 Å². The van der Waals surface area contributed by atoms with Crippen molar-refractivity contribution in [3.63, 3.8) is 0 Å². The van der Waals surface area contributed by atoms with Gasteiger partial charge < -0.3 is 33.2 Å². The van der Waals surface area contributed by atoms with E-state index in [0.717, 1.165) is 11.1 Å². The summed E-state index contributed by atoms with van der Waals surface area (Å²) in [5, 5.41) is 0. The van der Waals surface area contributed by atoms with E-state index >= 15 is 0 Å². The molecule has 0 amide bonds. The van der Waals surface area contributed by atoms with E-state index in [1.807, 2.05) is 0 Å². The zero-order chi connectivity index (χ0) is 8.32. The summed E-state index contributed by atoms with van der Waals surface area (Å²) >= 11 is 0. The maximum absolute atomic E-state index is 5.58. The second kappa shape index (κ2) is 5.40. The molecule has 1 unspecified atom stereocenters. The first-order valence-corrected chi connectivity index (χ1v) is 4.57. The number of hydrogen-bond acceptors (Lipinski definition) is 1. The summed E-state index contributed by atoms with van der Waals surface area (Å²) in [6.07, 6.45) is 3.06. The molecule has 1 saturated heterocycles. The van der Waals surface area contributed by atoms with Crippen molar-refractivity contribution in [2.45, 2.75) is 25.9 Å². The third kappa shape index (κ3) is 4.05. The quantitative estimate of drug-likeness (QED) is 0.442. The zero-order valence-corrected chi connectivity index (χ0v) is 10.5. The van der Waals surface area contributed by atoms with Gasteiger partial charge in [0.1, 0.15) is 12.6 Å². The van der Waals surface area contributed by atoms with Gasteiger partial charge in [-0.15, -0.1) is 0 Å². The van der Waals surface area contributed by atoms with Crippen LogP contribution in [0.25, 0.3) is 0 Å². The van der Waals surface area contributed by atoms with Crippen molar-refractivity contribution in [1.29, 1.82) is 0 Å². The van der Waals surface area contributed by atoms with Gasteiger partial charge in [0.15, 0.2) is 0 Å². The number of nitrogens with zero attached hydrogens (tertiary/aromatic N) is 1. The molecule has 74 valence electrons. The SMILES string of the molecule is CC[N+](C)(C)CC1CCCO1.[I-]. The first kappa shape index (κ1) is 12.7. The molecule has 1 aliphatic heterocycles. The van der Waals surface area contributed by atoms with Crippen molar-refractivity contribution in [2.75, 3.05) is 33.8 Å². The molecule has 0 N–H and O–H groups in total. The monoisotopic (exact) mass is 285 g/mol. The highest BCUT2D eigenvalue weighted by molar-refractivity contribution is 4.63. The maximum Gasteiger partial charge on any atom is 0.106 e. The lowest BCUT2D eigenvalue weighted by Gasteiger charge is -2.30. The Balaban J connectivity index is 0.00000121. The summed E-state index contributed by atoms with van der Waals surface area (Å²) in [5.41, 5.74) is 0. The fourth-order valence-corrected chi connectivity index (χ4v) is 1.47. The predicted octanol–water partition coefficient (Wildman–Crippen LogP) is -1.73. The molecule has 1 atom stereocenters. The van der Waals surface area contributed by atoms with Crippen LogP contribution in [0.1, 0.15) is 19.8 Å². The lowest BCUT2D eigenvalue weighted by Crippen LogP contribution is -3.00. The molecule has 0 aromatic rings. The van der Waals surface area contributed by atoms with Crippen LogP contribution in [0.2, 0.25) is 0 Å². The highest BCUT2D eigenvalue weighted by Crippen LogP contribution is 2.14. The van der Waals surface area contributed by atoms with Gasteiger partial charge in [-0.3, -0.25) is 0 Å². The molecule has 0 radical (unpaired) electrons. The van der Waals surface area contributed by atoms with Crippen LogP contribution in [0.5, 0.6) is 0 Å². The molecule has 1 heterocycles. The number of halogens is 1. The van der Waals surface area contributed by atoms with Crippen molar-refractivity contribution in [3.8, 4) is 0 Å². The van der Waals surface area contributed by atoms with Crippen molar-refractivity contribution in [2.24, 2.45) is 0 Å². The van der Waals surface area contributed by atoms with E-state index in [4.69, 9.17) is 4.74 Å². The zero-order valence-electron chi connectivity index (χ0n) is 8.35. The molecule has 12 heavy (non-hydrogen) atoms. The number of likely N-dealkylation sites (N-methyl/N-ethyl adjacent to an activating group) is 1. The van der Waals surface area contributed by atoms with Crippen LogP contribution >= 0.6 is 0 Å². The van der Waals surface area contributed by atoms with E-state index in [9.17, 15) is 0 Å². The Morgan fingerprint density at radius 1 is 1.42 bits per heavy atom. The van der Waals surface area contributed by atoms with Gasteiger partial charge in [-0.1, -0.05) is 0 Å². The van der Waals surface area contributed by atoms with Crippen molar-refractivity contribution >= 4 is 0 Å². The normalized spacial score (nSPS) is 23.8. The van der Waals surface area contributed by atoms with Crippen LogP contribution in [0.4, 0.5) is 0 Å². The third-order valence-electron chi connectivity index (χ3n) is 2.58. The first-order chi connectivity index (χ1) is 5.14. The highest BCUT2D eigenvalue weighted by Gasteiger charge is 2.23. The smallest absolute Gasteiger partial charge is 0.106 e. The van der Waals surface area contributed by atoms with E-state index < -0.39 is 0 Å². The van der Waals surface area contributed by atoms with Gasteiger partial charge in [0.25, 0.3) is 0 Å². The average molecular weight is 285 g/mol. The van der Waals surface area contributed by atoms with Gasteiger partial charge in [-0.2, -0.15) is 0 Å².